The van der Waals surface area contributed by atoms with E-state index in [0.717, 1.165) is 51.4 Å². The maximum Gasteiger partial charge on any atom is 0.309 e. The number of carboxylic acids is 2. The molecule has 226 valence electrons. The number of hydrogen-bond donors (Lipinski definition) is 2. The lowest BCUT2D eigenvalue weighted by Gasteiger charge is -2.37. The van der Waals surface area contributed by atoms with Crippen molar-refractivity contribution in [3.63, 3.8) is 0 Å². The monoisotopic (exact) mass is 538 g/mol. The maximum atomic E-state index is 13.2. The van der Waals surface area contributed by atoms with Gasteiger partial charge in [0.05, 0.1) is 5.41 Å². The molecule has 38 heavy (non-hydrogen) atoms. The van der Waals surface area contributed by atoms with E-state index in [1.165, 1.54) is 103 Å². The lowest BCUT2D eigenvalue weighted by molar-refractivity contribution is -0.152. The van der Waals surface area contributed by atoms with Crippen LogP contribution in [0.3, 0.4) is 0 Å². The first-order valence-electron chi connectivity index (χ1n) is 16.8. The first kappa shape index (κ1) is 36.9. The van der Waals surface area contributed by atoms with Crippen LogP contribution >= 0.6 is 0 Å². The summed E-state index contributed by atoms with van der Waals surface area (Å²) in [6.07, 6.45) is 26.9. The number of carbonyl (C=O) groups is 2. The Hall–Kier alpha value is -1.06. The van der Waals surface area contributed by atoms with Crippen molar-refractivity contribution in [3.05, 3.63) is 0 Å². The van der Waals surface area contributed by atoms with Crippen molar-refractivity contribution in [1.29, 1.82) is 0 Å². The Balaban J connectivity index is 5.59. The van der Waals surface area contributed by atoms with Gasteiger partial charge in [0.25, 0.3) is 0 Å². The predicted molar refractivity (Wildman–Crippen MR) is 163 cm³/mol. The lowest BCUT2D eigenvalue weighted by atomic mass is 9.67. The molecule has 0 amide bonds. The third kappa shape index (κ3) is 19.1. The van der Waals surface area contributed by atoms with E-state index in [0.29, 0.717) is 11.8 Å². The number of aliphatic carboxylic acids is 2. The van der Waals surface area contributed by atoms with Crippen LogP contribution in [0.4, 0.5) is 0 Å². The van der Waals surface area contributed by atoms with E-state index in [4.69, 9.17) is 5.11 Å². The summed E-state index contributed by atoms with van der Waals surface area (Å²) in [6.45, 7) is 9.01. The lowest BCUT2D eigenvalue weighted by Crippen LogP contribution is -2.36. The first-order valence-corrected chi connectivity index (χ1v) is 16.8. The molecule has 2 N–H and O–H groups in total. The average Bonchev–Trinajstić information content (AvgIpc) is 2.89. The highest BCUT2D eigenvalue weighted by Gasteiger charge is 2.41. The van der Waals surface area contributed by atoms with Crippen molar-refractivity contribution in [1.82, 2.24) is 0 Å². The van der Waals surface area contributed by atoms with Gasteiger partial charge in [-0.05, 0) is 37.5 Å². The zero-order valence-electron chi connectivity index (χ0n) is 26.0. The van der Waals surface area contributed by atoms with Crippen molar-refractivity contribution in [3.8, 4) is 0 Å². The Morgan fingerprint density at radius 1 is 0.526 bits per heavy atom. The number of unbranched alkanes of at least 4 members (excludes halogenated alkanes) is 12. The Labute approximate surface area is 237 Å². The summed E-state index contributed by atoms with van der Waals surface area (Å²) < 4.78 is 0. The zero-order chi connectivity index (χ0) is 28.5. The molecular formula is C34H66O4. The summed E-state index contributed by atoms with van der Waals surface area (Å²) in [7, 11) is 0. The molecule has 2 unspecified atom stereocenters. The molecule has 0 fully saturated rings. The summed E-state index contributed by atoms with van der Waals surface area (Å²) in [5, 5.41) is 19.7. The van der Waals surface area contributed by atoms with Crippen LogP contribution in [0.5, 0.6) is 0 Å². The molecule has 0 bridgehead atoms. The molecule has 0 aromatic rings. The molecule has 0 aliphatic rings. The van der Waals surface area contributed by atoms with Crippen molar-refractivity contribution in [2.75, 3.05) is 0 Å². The smallest absolute Gasteiger partial charge is 0.309 e. The number of carboxylic acid groups (broad SMARTS) is 2. The average molecular weight is 539 g/mol. The first-order chi connectivity index (χ1) is 18.3. The quantitative estimate of drug-likeness (QED) is 0.0928. The van der Waals surface area contributed by atoms with Crippen molar-refractivity contribution in [2.24, 2.45) is 17.3 Å². The third-order valence-corrected chi connectivity index (χ3v) is 8.72. The fourth-order valence-corrected chi connectivity index (χ4v) is 6.35. The van der Waals surface area contributed by atoms with Crippen LogP contribution in [0.1, 0.15) is 188 Å². The molecule has 0 saturated carbocycles. The molecule has 0 radical (unpaired) electrons. The van der Waals surface area contributed by atoms with Crippen LogP contribution in [-0.2, 0) is 9.59 Å². The SMILES string of the molecule is CCCCCCC(CCCC)CC(CCCCCCCC(=O)O)(CC(CCCC)CCCCCC)C(=O)O. The fourth-order valence-electron chi connectivity index (χ4n) is 6.35. The molecule has 0 heterocycles. The minimum atomic E-state index is -0.719. The number of rotatable bonds is 29. The molecule has 0 saturated heterocycles. The van der Waals surface area contributed by atoms with Crippen LogP contribution in [-0.4, -0.2) is 22.2 Å². The van der Waals surface area contributed by atoms with E-state index in [1.807, 2.05) is 0 Å². The molecule has 0 aromatic heterocycles. The normalized spacial score (nSPS) is 14.7. The van der Waals surface area contributed by atoms with E-state index in [9.17, 15) is 14.7 Å². The highest BCUT2D eigenvalue weighted by Crippen LogP contribution is 2.44. The highest BCUT2D eigenvalue weighted by atomic mass is 16.4. The fraction of sp³-hybridized carbons (Fsp3) is 0.941. The van der Waals surface area contributed by atoms with Crippen LogP contribution in [0.2, 0.25) is 0 Å². The molecule has 0 aliphatic carbocycles. The van der Waals surface area contributed by atoms with Gasteiger partial charge in [0.15, 0.2) is 0 Å². The van der Waals surface area contributed by atoms with Gasteiger partial charge in [-0.25, -0.2) is 0 Å². The molecule has 0 aromatic carbocycles. The largest absolute Gasteiger partial charge is 0.481 e. The van der Waals surface area contributed by atoms with Gasteiger partial charge in [-0.2, -0.15) is 0 Å². The Morgan fingerprint density at radius 2 is 0.921 bits per heavy atom. The predicted octanol–water partition coefficient (Wildman–Crippen LogP) is 11.2. The van der Waals surface area contributed by atoms with Crippen molar-refractivity contribution in [2.45, 2.75) is 188 Å². The van der Waals surface area contributed by atoms with Gasteiger partial charge in [0.1, 0.15) is 0 Å². The highest BCUT2D eigenvalue weighted by molar-refractivity contribution is 5.74. The van der Waals surface area contributed by atoms with E-state index >= 15 is 0 Å². The van der Waals surface area contributed by atoms with Gasteiger partial charge < -0.3 is 10.2 Å². The van der Waals surface area contributed by atoms with Crippen molar-refractivity contribution >= 4 is 11.9 Å². The van der Waals surface area contributed by atoms with Gasteiger partial charge in [-0.15, -0.1) is 0 Å². The second-order valence-electron chi connectivity index (χ2n) is 12.4. The van der Waals surface area contributed by atoms with Crippen LogP contribution < -0.4 is 0 Å². The molecule has 0 aliphatic heterocycles. The van der Waals surface area contributed by atoms with E-state index in [-0.39, 0.29) is 6.42 Å². The van der Waals surface area contributed by atoms with E-state index in [1.54, 1.807) is 0 Å². The minimum Gasteiger partial charge on any atom is -0.481 e. The van der Waals surface area contributed by atoms with Gasteiger partial charge in [0, 0.05) is 6.42 Å². The summed E-state index contributed by atoms with van der Waals surface area (Å²) in [4.78, 5) is 24.0. The summed E-state index contributed by atoms with van der Waals surface area (Å²) >= 11 is 0. The third-order valence-electron chi connectivity index (χ3n) is 8.72. The number of hydrogen-bond acceptors (Lipinski definition) is 2. The molecule has 2 atom stereocenters. The Bertz CT molecular complexity index is 533. The van der Waals surface area contributed by atoms with E-state index in [2.05, 4.69) is 27.7 Å². The molecular weight excluding hydrogens is 472 g/mol. The summed E-state index contributed by atoms with van der Waals surface area (Å²) in [6, 6.07) is 0. The van der Waals surface area contributed by atoms with Gasteiger partial charge in [0.2, 0.25) is 0 Å². The summed E-state index contributed by atoms with van der Waals surface area (Å²) in [5.41, 5.74) is -0.604. The van der Waals surface area contributed by atoms with Crippen LogP contribution in [0, 0.1) is 17.3 Å². The van der Waals surface area contributed by atoms with E-state index < -0.39 is 17.4 Å². The second kappa shape index (κ2) is 24.9. The minimum absolute atomic E-state index is 0.243. The molecule has 4 nitrogen and oxygen atoms in total. The van der Waals surface area contributed by atoms with Gasteiger partial charge in [-0.1, -0.05) is 156 Å². The standard InChI is InChI=1S/C34H66O4/c1-5-9-13-18-24-30(22-11-7-3)28-34(33(37)38,27-21-17-15-16-20-26-32(35)36)29-31(23-12-8-4)25-19-14-10-6-2/h30-31H,5-29H2,1-4H3,(H,35,36)(H,37,38). The zero-order valence-corrected chi connectivity index (χ0v) is 26.0. The summed E-state index contributed by atoms with van der Waals surface area (Å²) in [5.74, 6) is -0.228. The Morgan fingerprint density at radius 3 is 1.34 bits per heavy atom. The second-order valence-corrected chi connectivity index (χ2v) is 12.4. The maximum absolute atomic E-state index is 13.2. The molecule has 0 rings (SSSR count). The van der Waals surface area contributed by atoms with Crippen LogP contribution in [0.15, 0.2) is 0 Å². The Kier molecular flexibility index (Phi) is 24.2. The topological polar surface area (TPSA) is 74.6 Å². The van der Waals surface area contributed by atoms with Gasteiger partial charge in [-0.3, -0.25) is 9.59 Å². The van der Waals surface area contributed by atoms with Gasteiger partial charge >= 0.3 is 11.9 Å². The van der Waals surface area contributed by atoms with Crippen LogP contribution in [0.25, 0.3) is 0 Å². The van der Waals surface area contributed by atoms with Crippen molar-refractivity contribution < 1.29 is 19.8 Å². The molecule has 0 spiro atoms. The molecule has 4 heteroatoms.